The van der Waals surface area contributed by atoms with E-state index in [-0.39, 0.29) is 12.0 Å². The summed E-state index contributed by atoms with van der Waals surface area (Å²) in [7, 11) is 2.11. The fourth-order valence-corrected chi connectivity index (χ4v) is 2.22. The fourth-order valence-electron chi connectivity index (χ4n) is 2.22. The topological polar surface area (TPSA) is 49.5 Å². The van der Waals surface area contributed by atoms with Crippen molar-refractivity contribution in [2.24, 2.45) is 5.73 Å². The van der Waals surface area contributed by atoms with Crippen molar-refractivity contribution in [3.63, 3.8) is 0 Å². The largest absolute Gasteiger partial charge is 0.395 e. The number of anilines is 1. The van der Waals surface area contributed by atoms with Gasteiger partial charge in [0.25, 0.3) is 0 Å². The lowest BCUT2D eigenvalue weighted by atomic mass is 9.82. The Kier molecular flexibility index (Phi) is 2.91. The Morgan fingerprint density at radius 3 is 2.88 bits per heavy atom. The minimum absolute atomic E-state index is 0.0954. The number of aliphatic hydroxyl groups is 1. The Morgan fingerprint density at radius 2 is 2.25 bits per heavy atom. The monoisotopic (exact) mass is 220 g/mol. The van der Waals surface area contributed by atoms with Gasteiger partial charge in [-0.25, -0.2) is 0 Å². The lowest BCUT2D eigenvalue weighted by molar-refractivity contribution is 0.210. The van der Waals surface area contributed by atoms with Crippen LogP contribution >= 0.6 is 0 Å². The summed E-state index contributed by atoms with van der Waals surface area (Å²) >= 11 is 0. The first-order chi connectivity index (χ1) is 7.60. The molecule has 0 radical (unpaired) electrons. The molecule has 0 saturated carbocycles. The maximum Gasteiger partial charge on any atom is 0.0537 e. The van der Waals surface area contributed by atoms with Gasteiger partial charge in [-0.3, -0.25) is 0 Å². The highest BCUT2D eigenvalue weighted by Crippen LogP contribution is 2.31. The van der Waals surface area contributed by atoms with E-state index in [0.29, 0.717) is 6.54 Å². The second kappa shape index (κ2) is 4.07. The first-order valence-electron chi connectivity index (χ1n) is 5.76. The molecule has 16 heavy (non-hydrogen) atoms. The molecule has 1 aromatic carbocycles. The number of fused-ring (bicyclic) bond motifs is 1. The van der Waals surface area contributed by atoms with Crippen molar-refractivity contribution in [2.75, 3.05) is 31.6 Å². The molecule has 0 saturated heterocycles. The zero-order chi connectivity index (χ0) is 11.8. The Bertz CT molecular complexity index is 386. The quantitative estimate of drug-likeness (QED) is 0.795. The number of nitrogens with zero attached hydrogens (tertiary/aromatic N) is 1. The summed E-state index contributed by atoms with van der Waals surface area (Å²) in [6.45, 7) is 3.65. The molecular formula is C13H20N2O. The molecule has 1 aliphatic rings. The van der Waals surface area contributed by atoms with E-state index in [0.717, 1.165) is 18.5 Å². The molecule has 3 nitrogen and oxygen atoms in total. The Labute approximate surface area is 96.9 Å². The summed E-state index contributed by atoms with van der Waals surface area (Å²) in [4.78, 5) is 2.26. The van der Waals surface area contributed by atoms with Crippen LogP contribution in [-0.2, 0) is 11.8 Å². The fraction of sp³-hybridized carbons (Fsp3) is 0.538. The maximum atomic E-state index is 9.45. The molecule has 1 aliphatic heterocycles. The van der Waals surface area contributed by atoms with Gasteiger partial charge < -0.3 is 15.7 Å². The number of hydrogen-bond acceptors (Lipinski definition) is 3. The van der Waals surface area contributed by atoms with Crippen molar-refractivity contribution in [1.29, 1.82) is 0 Å². The van der Waals surface area contributed by atoms with Gasteiger partial charge in [0.05, 0.1) is 6.61 Å². The van der Waals surface area contributed by atoms with Gasteiger partial charge in [-0.05, 0) is 23.6 Å². The molecule has 1 atom stereocenters. The average molecular weight is 220 g/mol. The van der Waals surface area contributed by atoms with Gasteiger partial charge in [0.15, 0.2) is 0 Å². The third kappa shape index (κ3) is 1.70. The van der Waals surface area contributed by atoms with Crippen molar-refractivity contribution in [1.82, 2.24) is 0 Å². The first-order valence-corrected chi connectivity index (χ1v) is 5.76. The normalized spacial score (nSPS) is 18.4. The zero-order valence-corrected chi connectivity index (χ0v) is 10.0. The molecule has 1 aromatic rings. The molecule has 1 heterocycles. The van der Waals surface area contributed by atoms with Crippen LogP contribution in [0.4, 0.5) is 5.69 Å². The number of aliphatic hydroxyl groups excluding tert-OH is 1. The van der Waals surface area contributed by atoms with Crippen LogP contribution in [0.25, 0.3) is 0 Å². The predicted molar refractivity (Wildman–Crippen MR) is 66.9 cm³/mol. The highest BCUT2D eigenvalue weighted by atomic mass is 16.3. The van der Waals surface area contributed by atoms with E-state index in [1.54, 1.807) is 0 Å². The average Bonchev–Trinajstić information content (AvgIpc) is 2.69. The lowest BCUT2D eigenvalue weighted by Crippen LogP contribution is -2.35. The molecule has 0 amide bonds. The second-order valence-corrected chi connectivity index (χ2v) is 4.94. The zero-order valence-electron chi connectivity index (χ0n) is 10.0. The summed E-state index contributed by atoms with van der Waals surface area (Å²) in [6.07, 6.45) is 1.09. The summed E-state index contributed by atoms with van der Waals surface area (Å²) in [5.41, 5.74) is 9.26. The number of rotatable bonds is 3. The van der Waals surface area contributed by atoms with E-state index in [9.17, 15) is 5.11 Å². The van der Waals surface area contributed by atoms with Gasteiger partial charge in [-0.1, -0.05) is 19.1 Å². The third-order valence-electron chi connectivity index (χ3n) is 3.70. The molecule has 88 valence electrons. The van der Waals surface area contributed by atoms with Crippen molar-refractivity contribution in [3.8, 4) is 0 Å². The summed E-state index contributed by atoms with van der Waals surface area (Å²) in [5, 5.41) is 9.45. The van der Waals surface area contributed by atoms with Crippen LogP contribution in [0.5, 0.6) is 0 Å². The Morgan fingerprint density at radius 1 is 1.50 bits per heavy atom. The van der Waals surface area contributed by atoms with Crippen LogP contribution in [0, 0.1) is 0 Å². The van der Waals surface area contributed by atoms with Crippen molar-refractivity contribution >= 4 is 5.69 Å². The predicted octanol–water partition coefficient (Wildman–Crippen LogP) is 0.888. The number of likely N-dealkylation sites (N-methyl/N-ethyl adjacent to an activating group) is 1. The van der Waals surface area contributed by atoms with Crippen LogP contribution in [0.1, 0.15) is 18.1 Å². The van der Waals surface area contributed by atoms with Gasteiger partial charge in [-0.2, -0.15) is 0 Å². The minimum atomic E-state index is -0.309. The van der Waals surface area contributed by atoms with Crippen LogP contribution < -0.4 is 10.6 Å². The SMILES string of the molecule is CN1CCc2cc(C(C)(CN)CO)ccc21. The lowest BCUT2D eigenvalue weighted by Gasteiger charge is -2.26. The number of hydrogen-bond donors (Lipinski definition) is 2. The van der Waals surface area contributed by atoms with Gasteiger partial charge >= 0.3 is 0 Å². The summed E-state index contributed by atoms with van der Waals surface area (Å²) < 4.78 is 0. The molecule has 3 heteroatoms. The highest BCUT2D eigenvalue weighted by molar-refractivity contribution is 5.59. The van der Waals surface area contributed by atoms with Gasteiger partial charge in [-0.15, -0.1) is 0 Å². The maximum absolute atomic E-state index is 9.45. The third-order valence-corrected chi connectivity index (χ3v) is 3.70. The van der Waals surface area contributed by atoms with Gasteiger partial charge in [0.1, 0.15) is 0 Å². The van der Waals surface area contributed by atoms with Gasteiger partial charge in [0.2, 0.25) is 0 Å². The highest BCUT2D eigenvalue weighted by Gasteiger charge is 2.26. The molecule has 0 fully saturated rings. The van der Waals surface area contributed by atoms with Crippen molar-refractivity contribution in [2.45, 2.75) is 18.8 Å². The van der Waals surface area contributed by atoms with Crippen LogP contribution in [0.2, 0.25) is 0 Å². The second-order valence-electron chi connectivity index (χ2n) is 4.94. The van der Waals surface area contributed by atoms with E-state index in [1.807, 2.05) is 6.92 Å². The Balaban J connectivity index is 2.38. The smallest absolute Gasteiger partial charge is 0.0537 e. The molecule has 0 bridgehead atoms. The van der Waals surface area contributed by atoms with E-state index >= 15 is 0 Å². The van der Waals surface area contributed by atoms with Crippen LogP contribution in [0.15, 0.2) is 18.2 Å². The molecule has 3 N–H and O–H groups in total. The van der Waals surface area contributed by atoms with E-state index in [1.165, 1.54) is 11.3 Å². The number of nitrogens with two attached hydrogens (primary N) is 1. The molecular weight excluding hydrogens is 200 g/mol. The van der Waals surface area contributed by atoms with Crippen molar-refractivity contribution in [3.05, 3.63) is 29.3 Å². The summed E-state index contributed by atoms with van der Waals surface area (Å²) in [5.74, 6) is 0. The summed E-state index contributed by atoms with van der Waals surface area (Å²) in [6, 6.07) is 6.42. The van der Waals surface area contributed by atoms with Crippen LogP contribution in [-0.4, -0.2) is 31.9 Å². The number of benzene rings is 1. The molecule has 0 aliphatic carbocycles. The van der Waals surface area contributed by atoms with E-state index in [2.05, 4.69) is 30.1 Å². The Hall–Kier alpha value is -1.06. The van der Waals surface area contributed by atoms with Gasteiger partial charge in [0, 0.05) is 31.2 Å². The standard InChI is InChI=1S/C13H20N2O/c1-13(8-14,9-16)11-3-4-12-10(7-11)5-6-15(12)2/h3-4,7,16H,5-6,8-9,14H2,1-2H3. The van der Waals surface area contributed by atoms with E-state index in [4.69, 9.17) is 5.73 Å². The molecule has 0 spiro atoms. The van der Waals surface area contributed by atoms with E-state index < -0.39 is 0 Å². The minimum Gasteiger partial charge on any atom is -0.395 e. The molecule has 2 rings (SSSR count). The first kappa shape index (κ1) is 11.4. The van der Waals surface area contributed by atoms with Crippen LogP contribution in [0.3, 0.4) is 0 Å². The molecule has 0 aromatic heterocycles. The van der Waals surface area contributed by atoms with Crippen molar-refractivity contribution < 1.29 is 5.11 Å². The molecule has 1 unspecified atom stereocenters.